The summed E-state index contributed by atoms with van der Waals surface area (Å²) in [5, 5.41) is 12.1. The molecule has 0 spiro atoms. The Kier molecular flexibility index (Phi) is 5.97. The molecule has 1 atom stereocenters. The number of carbonyl (C=O) groups excluding carboxylic acids is 2. The van der Waals surface area contributed by atoms with Crippen molar-refractivity contribution in [2.24, 2.45) is 0 Å². The molecule has 3 aromatic rings. The SMILES string of the molecule is Cc1ccccc1C1/C(=C(\O)c2ccc3c(c2)CCCC3)C(=O)C(=O)N1c1cc(Cl)cc(Cl)c1. The van der Waals surface area contributed by atoms with Gasteiger partial charge in [0.1, 0.15) is 5.76 Å². The smallest absolute Gasteiger partial charge is 0.300 e. The van der Waals surface area contributed by atoms with Crippen molar-refractivity contribution in [3.8, 4) is 0 Å². The highest BCUT2D eigenvalue weighted by Gasteiger charge is 2.47. The van der Waals surface area contributed by atoms with E-state index in [0.717, 1.165) is 36.8 Å². The Labute approximate surface area is 208 Å². The van der Waals surface area contributed by atoms with E-state index in [-0.39, 0.29) is 11.3 Å². The van der Waals surface area contributed by atoms with Crippen LogP contribution in [0.4, 0.5) is 5.69 Å². The van der Waals surface area contributed by atoms with Crippen molar-refractivity contribution in [2.75, 3.05) is 4.90 Å². The van der Waals surface area contributed by atoms with E-state index in [1.54, 1.807) is 18.2 Å². The molecule has 1 saturated heterocycles. The van der Waals surface area contributed by atoms with Crippen LogP contribution in [-0.4, -0.2) is 16.8 Å². The number of halogens is 2. The molecule has 1 N–H and O–H groups in total. The maximum Gasteiger partial charge on any atom is 0.300 e. The van der Waals surface area contributed by atoms with Gasteiger partial charge in [-0.15, -0.1) is 0 Å². The van der Waals surface area contributed by atoms with Crippen LogP contribution in [0.1, 0.15) is 46.7 Å². The van der Waals surface area contributed by atoms with E-state index in [4.69, 9.17) is 23.2 Å². The second-order valence-electron chi connectivity index (χ2n) is 8.84. The van der Waals surface area contributed by atoms with Crippen LogP contribution >= 0.6 is 23.2 Å². The molecule has 4 nitrogen and oxygen atoms in total. The van der Waals surface area contributed by atoms with E-state index in [1.807, 2.05) is 49.4 Å². The summed E-state index contributed by atoms with van der Waals surface area (Å²) in [5.41, 5.74) is 5.09. The fourth-order valence-corrected chi connectivity index (χ4v) is 5.52. The molecular weight excluding hydrogens is 469 g/mol. The predicted molar refractivity (Wildman–Crippen MR) is 136 cm³/mol. The number of fused-ring (bicyclic) bond motifs is 1. The zero-order chi connectivity index (χ0) is 24.0. The molecule has 0 saturated carbocycles. The summed E-state index contributed by atoms with van der Waals surface area (Å²) >= 11 is 12.5. The van der Waals surface area contributed by atoms with Crippen molar-refractivity contribution < 1.29 is 14.7 Å². The summed E-state index contributed by atoms with van der Waals surface area (Å²) < 4.78 is 0. The number of hydrogen-bond acceptors (Lipinski definition) is 3. The number of benzene rings is 3. The molecular formula is C28H23Cl2NO3. The molecule has 172 valence electrons. The largest absolute Gasteiger partial charge is 0.507 e. The van der Waals surface area contributed by atoms with Gasteiger partial charge >= 0.3 is 0 Å². The summed E-state index contributed by atoms with van der Waals surface area (Å²) in [6, 6.07) is 17.3. The average Bonchev–Trinajstić information content (AvgIpc) is 3.08. The zero-order valence-electron chi connectivity index (χ0n) is 18.6. The lowest BCUT2D eigenvalue weighted by atomic mass is 9.88. The predicted octanol–water partition coefficient (Wildman–Crippen LogP) is 6.81. The van der Waals surface area contributed by atoms with Crippen LogP contribution in [-0.2, 0) is 22.4 Å². The number of rotatable bonds is 3. The van der Waals surface area contributed by atoms with Gasteiger partial charge in [0, 0.05) is 21.3 Å². The summed E-state index contributed by atoms with van der Waals surface area (Å²) in [4.78, 5) is 28.1. The number of hydrogen-bond donors (Lipinski definition) is 1. The Morgan fingerprint density at radius 1 is 0.912 bits per heavy atom. The number of amides is 1. The van der Waals surface area contributed by atoms with Crippen LogP contribution < -0.4 is 4.90 Å². The van der Waals surface area contributed by atoms with Crippen molar-refractivity contribution in [3.63, 3.8) is 0 Å². The lowest BCUT2D eigenvalue weighted by Gasteiger charge is -2.27. The minimum Gasteiger partial charge on any atom is -0.507 e. The Bertz CT molecular complexity index is 1340. The number of nitrogens with zero attached hydrogens (tertiary/aromatic N) is 1. The van der Waals surface area contributed by atoms with Crippen molar-refractivity contribution in [2.45, 2.75) is 38.6 Å². The van der Waals surface area contributed by atoms with Crippen molar-refractivity contribution in [1.82, 2.24) is 0 Å². The quantitative estimate of drug-likeness (QED) is 0.248. The van der Waals surface area contributed by atoms with Crippen LogP contribution in [0.2, 0.25) is 10.0 Å². The molecule has 1 amide bonds. The summed E-state index contributed by atoms with van der Waals surface area (Å²) in [5.74, 6) is -1.64. The molecule has 0 radical (unpaired) electrons. The Morgan fingerprint density at radius 2 is 1.59 bits per heavy atom. The lowest BCUT2D eigenvalue weighted by Crippen LogP contribution is -2.29. The van der Waals surface area contributed by atoms with Gasteiger partial charge in [0.25, 0.3) is 11.7 Å². The molecule has 3 aromatic carbocycles. The van der Waals surface area contributed by atoms with Gasteiger partial charge in [-0.25, -0.2) is 0 Å². The molecule has 5 rings (SSSR count). The van der Waals surface area contributed by atoms with Gasteiger partial charge in [-0.3, -0.25) is 14.5 Å². The van der Waals surface area contributed by atoms with Crippen LogP contribution in [0.15, 0.2) is 66.2 Å². The van der Waals surface area contributed by atoms with Gasteiger partial charge in [-0.2, -0.15) is 0 Å². The van der Waals surface area contributed by atoms with Gasteiger partial charge in [0.2, 0.25) is 0 Å². The maximum absolute atomic E-state index is 13.4. The highest BCUT2D eigenvalue weighted by Crippen LogP contribution is 2.44. The molecule has 1 aliphatic heterocycles. The fraction of sp³-hybridized carbons (Fsp3) is 0.214. The third-order valence-electron chi connectivity index (χ3n) is 6.67. The highest BCUT2D eigenvalue weighted by molar-refractivity contribution is 6.52. The number of carbonyl (C=O) groups is 2. The highest BCUT2D eigenvalue weighted by atomic mass is 35.5. The first-order chi connectivity index (χ1) is 16.3. The first-order valence-electron chi connectivity index (χ1n) is 11.3. The standard InChI is InChI=1S/C28H23Cl2NO3/c1-16-6-2-5-9-23(16)25-24(26(32)19-11-10-17-7-3-4-8-18(17)12-19)27(33)28(34)31(25)22-14-20(29)13-21(30)15-22/h2,5-6,9-15,25,32H,3-4,7-8H2,1H3/b26-24+. The number of aliphatic hydroxyl groups is 1. The second kappa shape index (κ2) is 8.94. The number of anilines is 1. The average molecular weight is 492 g/mol. The van der Waals surface area contributed by atoms with Crippen LogP contribution in [0.3, 0.4) is 0 Å². The van der Waals surface area contributed by atoms with E-state index in [9.17, 15) is 14.7 Å². The summed E-state index contributed by atoms with van der Waals surface area (Å²) in [6.45, 7) is 1.92. The molecule has 1 fully saturated rings. The molecule has 34 heavy (non-hydrogen) atoms. The van der Waals surface area contributed by atoms with Crippen LogP contribution in [0.5, 0.6) is 0 Å². The molecule has 2 aliphatic rings. The number of Topliss-reactive ketones (excluding diaryl/α,β-unsaturated/α-hetero) is 1. The van der Waals surface area contributed by atoms with Gasteiger partial charge in [-0.1, -0.05) is 59.6 Å². The van der Waals surface area contributed by atoms with E-state index >= 15 is 0 Å². The first kappa shape index (κ1) is 22.7. The van der Waals surface area contributed by atoms with Crippen molar-refractivity contribution in [1.29, 1.82) is 0 Å². The Hall–Kier alpha value is -3.08. The Balaban J connectivity index is 1.73. The molecule has 0 bridgehead atoms. The molecule has 0 aromatic heterocycles. The van der Waals surface area contributed by atoms with Crippen LogP contribution in [0.25, 0.3) is 5.76 Å². The monoisotopic (exact) mass is 491 g/mol. The summed E-state index contributed by atoms with van der Waals surface area (Å²) in [6.07, 6.45) is 4.20. The molecule has 1 unspecified atom stereocenters. The van der Waals surface area contributed by atoms with Gasteiger partial charge in [-0.05, 0) is 79.1 Å². The van der Waals surface area contributed by atoms with E-state index in [1.165, 1.54) is 16.0 Å². The normalized spacial score (nSPS) is 19.4. The van der Waals surface area contributed by atoms with Crippen molar-refractivity contribution in [3.05, 3.63) is 104 Å². The minimum absolute atomic E-state index is 0.0613. The number of aliphatic hydroxyl groups excluding tert-OH is 1. The molecule has 6 heteroatoms. The van der Waals surface area contributed by atoms with E-state index in [0.29, 0.717) is 21.3 Å². The Morgan fingerprint density at radius 3 is 2.29 bits per heavy atom. The number of ketones is 1. The maximum atomic E-state index is 13.4. The van der Waals surface area contributed by atoms with Crippen LogP contribution in [0, 0.1) is 6.92 Å². The second-order valence-corrected chi connectivity index (χ2v) is 9.72. The third kappa shape index (κ3) is 3.91. The molecule has 1 aliphatic carbocycles. The van der Waals surface area contributed by atoms with Gasteiger partial charge in [0.05, 0.1) is 11.6 Å². The number of aryl methyl sites for hydroxylation is 3. The first-order valence-corrected chi connectivity index (χ1v) is 12.1. The topological polar surface area (TPSA) is 57.6 Å². The molecule has 1 heterocycles. The van der Waals surface area contributed by atoms with Gasteiger partial charge < -0.3 is 5.11 Å². The fourth-order valence-electron chi connectivity index (χ4n) is 5.00. The zero-order valence-corrected chi connectivity index (χ0v) is 20.2. The van der Waals surface area contributed by atoms with Crippen molar-refractivity contribution >= 4 is 46.3 Å². The van der Waals surface area contributed by atoms with Gasteiger partial charge in [0.15, 0.2) is 0 Å². The summed E-state index contributed by atoms with van der Waals surface area (Å²) in [7, 11) is 0. The minimum atomic E-state index is -0.813. The van der Waals surface area contributed by atoms with E-state index < -0.39 is 17.7 Å². The third-order valence-corrected chi connectivity index (χ3v) is 7.11. The lowest BCUT2D eigenvalue weighted by molar-refractivity contribution is -0.132. The van der Waals surface area contributed by atoms with E-state index in [2.05, 4.69) is 0 Å².